The molecule has 3 aliphatic rings. The van der Waals surface area contributed by atoms with Crippen LogP contribution in [0.15, 0.2) is 57.6 Å². The van der Waals surface area contributed by atoms with E-state index in [4.69, 9.17) is 23.5 Å². The van der Waals surface area contributed by atoms with Crippen LogP contribution in [0.3, 0.4) is 0 Å². The molecule has 3 aliphatic heterocycles. The highest BCUT2D eigenvalue weighted by atomic mass is 16.5. The number of aromatic nitrogens is 2. The Hall–Kier alpha value is -4.64. The number of carbonyl (C=O) groups excluding carboxylic acids is 2. The van der Waals surface area contributed by atoms with Crippen LogP contribution < -0.4 is 20.7 Å². The minimum atomic E-state index is -1.26. The molecule has 5 heterocycles. The van der Waals surface area contributed by atoms with Crippen LogP contribution in [0.1, 0.15) is 94.0 Å². The van der Waals surface area contributed by atoms with Crippen LogP contribution in [0.4, 0.5) is 5.69 Å². The number of nitrogens with zero attached hydrogens (tertiary/aromatic N) is 2. The number of amides is 2. The number of aliphatic hydroxyl groups is 1. The molecule has 6 atom stereocenters. The van der Waals surface area contributed by atoms with Gasteiger partial charge in [-0.1, -0.05) is 71.9 Å². The molecule has 246 valence electrons. The Morgan fingerprint density at radius 3 is 2.62 bits per heavy atom. The number of hydrogen-bond donors (Lipinski definition) is 4. The van der Waals surface area contributed by atoms with Gasteiger partial charge < -0.3 is 34.6 Å². The lowest BCUT2D eigenvalue weighted by atomic mass is 9.72. The maximum absolute atomic E-state index is 14.0. The zero-order chi connectivity index (χ0) is 33.2. The summed E-state index contributed by atoms with van der Waals surface area (Å²) >= 11 is 0. The third kappa shape index (κ3) is 4.90. The van der Waals surface area contributed by atoms with E-state index in [9.17, 15) is 14.7 Å². The number of rotatable bonds is 7. The van der Waals surface area contributed by atoms with Crippen LogP contribution in [-0.2, 0) is 21.4 Å². The molecule has 2 unspecified atom stereocenters. The van der Waals surface area contributed by atoms with Crippen molar-refractivity contribution in [3.63, 3.8) is 0 Å². The number of carbonyl (C=O) groups is 2. The van der Waals surface area contributed by atoms with Crippen LogP contribution in [0.5, 0.6) is 5.75 Å². The van der Waals surface area contributed by atoms with E-state index in [-0.39, 0.29) is 30.1 Å². The molecule has 47 heavy (non-hydrogen) atoms. The van der Waals surface area contributed by atoms with Gasteiger partial charge in [0.1, 0.15) is 35.6 Å². The summed E-state index contributed by atoms with van der Waals surface area (Å²) in [5, 5.41) is 20.0. The summed E-state index contributed by atoms with van der Waals surface area (Å²) in [4.78, 5) is 37.0. The number of aliphatic hydroxyl groups excluding tert-OH is 1. The van der Waals surface area contributed by atoms with E-state index in [1.165, 1.54) is 0 Å². The smallest absolute Gasteiger partial charge is 0.249 e. The predicted molar refractivity (Wildman–Crippen MR) is 174 cm³/mol. The van der Waals surface area contributed by atoms with Gasteiger partial charge in [0, 0.05) is 23.6 Å². The number of oxazole rings is 2. The molecule has 0 saturated carbocycles. The van der Waals surface area contributed by atoms with Crippen LogP contribution >= 0.6 is 0 Å². The zero-order valence-corrected chi connectivity index (χ0v) is 27.5. The molecule has 4 aromatic rings. The topological polar surface area (TPSA) is 152 Å². The fourth-order valence-electron chi connectivity index (χ4n) is 6.84. The Morgan fingerprint density at radius 1 is 1.09 bits per heavy atom. The van der Waals surface area contributed by atoms with Gasteiger partial charge >= 0.3 is 0 Å². The van der Waals surface area contributed by atoms with Crippen molar-refractivity contribution in [3.8, 4) is 17.3 Å². The van der Waals surface area contributed by atoms with Crippen molar-refractivity contribution in [1.29, 1.82) is 0 Å². The van der Waals surface area contributed by atoms with Crippen LogP contribution in [0, 0.1) is 11.8 Å². The van der Waals surface area contributed by atoms with Gasteiger partial charge in [0.05, 0.1) is 5.69 Å². The fraction of sp³-hybridized carbons (Fsp3) is 0.444. The third-order valence-corrected chi connectivity index (χ3v) is 9.79. The van der Waals surface area contributed by atoms with E-state index in [0.717, 1.165) is 34.5 Å². The molecule has 4 bridgehead atoms. The number of fused-ring (bicyclic) bond motifs is 4. The first kappa shape index (κ1) is 31.0. The van der Waals surface area contributed by atoms with Crippen molar-refractivity contribution in [3.05, 3.63) is 82.8 Å². The van der Waals surface area contributed by atoms with Gasteiger partial charge in [0.2, 0.25) is 23.6 Å². The summed E-state index contributed by atoms with van der Waals surface area (Å²) in [7, 11) is 0. The molecule has 11 nitrogen and oxygen atoms in total. The normalized spacial score (nSPS) is 23.9. The van der Waals surface area contributed by atoms with Crippen LogP contribution in [0.25, 0.3) is 11.6 Å². The Kier molecular flexibility index (Phi) is 7.62. The SMILES string of the molecule is CCC(C)c1coc(-c2nc3oc2C24c5ccccc5N[C@H]2Oc2ccc(cc24)C[C@H](NC(=O)[C@@H](O)C(C)C)C(=O)N[C@H]3C(C)C)n1. The molecule has 0 aliphatic carbocycles. The van der Waals surface area contributed by atoms with Crippen molar-refractivity contribution >= 4 is 17.5 Å². The van der Waals surface area contributed by atoms with Gasteiger partial charge in [-0.05, 0) is 41.5 Å². The molecule has 1 spiro atoms. The minimum Gasteiger partial charge on any atom is -0.469 e. The van der Waals surface area contributed by atoms with E-state index in [2.05, 4.69) is 35.9 Å². The average molecular weight is 640 g/mol. The highest BCUT2D eigenvalue weighted by molar-refractivity contribution is 5.90. The Balaban J connectivity index is 1.47. The Morgan fingerprint density at radius 2 is 1.87 bits per heavy atom. The number of anilines is 1. The van der Waals surface area contributed by atoms with Crippen LogP contribution in [-0.4, -0.2) is 45.3 Å². The van der Waals surface area contributed by atoms with E-state index in [1.807, 2.05) is 50.2 Å². The van der Waals surface area contributed by atoms with Crippen molar-refractivity contribution in [2.75, 3.05) is 5.32 Å². The maximum Gasteiger partial charge on any atom is 0.249 e. The number of nitrogens with one attached hydrogen (secondary N) is 3. The van der Waals surface area contributed by atoms with E-state index < -0.39 is 41.6 Å². The summed E-state index contributed by atoms with van der Waals surface area (Å²) in [6.45, 7) is 11.6. The van der Waals surface area contributed by atoms with Gasteiger partial charge in [0.25, 0.3) is 0 Å². The molecular formula is C36H41N5O6. The molecule has 4 N–H and O–H groups in total. The molecular weight excluding hydrogens is 598 g/mol. The van der Waals surface area contributed by atoms with E-state index >= 15 is 0 Å². The van der Waals surface area contributed by atoms with Crippen molar-refractivity contribution in [2.45, 2.75) is 90.1 Å². The second-order valence-electron chi connectivity index (χ2n) is 13.6. The minimum absolute atomic E-state index is 0.144. The number of benzene rings is 2. The van der Waals surface area contributed by atoms with Gasteiger partial charge in [-0.15, -0.1) is 0 Å². The van der Waals surface area contributed by atoms with Crippen LogP contribution in [0.2, 0.25) is 0 Å². The quantitative estimate of drug-likeness (QED) is 0.214. The molecule has 0 saturated heterocycles. The largest absolute Gasteiger partial charge is 0.469 e. The standard InChI is InChI=1S/C36H41N5O6/c1-7-19(6)25-16-45-33(38-25)28-30-36-21-10-8-9-11-23(21)39-35(36)46-26-13-12-20(14-22(26)36)15-24(37-32(44)29(42)18(4)5)31(43)40-27(17(2)3)34(41-28)47-30/h8-14,16-19,24,27,29,35,39,42H,7,15H2,1-6H3,(H,37,44)(H,40,43)/t19?,24-,27-,29-,35-,36?/m0/s1. The Labute approximate surface area is 273 Å². The van der Waals surface area contributed by atoms with Crippen molar-refractivity contribution in [2.24, 2.45) is 11.8 Å². The van der Waals surface area contributed by atoms with E-state index in [1.54, 1.807) is 20.1 Å². The molecule has 0 fully saturated rings. The van der Waals surface area contributed by atoms with Gasteiger partial charge in [-0.3, -0.25) is 9.59 Å². The lowest BCUT2D eigenvalue weighted by Crippen LogP contribution is -2.52. The van der Waals surface area contributed by atoms with Gasteiger partial charge in [0.15, 0.2) is 17.7 Å². The first-order valence-electron chi connectivity index (χ1n) is 16.4. The molecule has 2 aromatic carbocycles. The lowest BCUT2D eigenvalue weighted by molar-refractivity contribution is -0.135. The maximum atomic E-state index is 14.0. The first-order chi connectivity index (χ1) is 22.5. The number of ether oxygens (including phenoxy) is 1. The number of para-hydroxylation sites is 1. The third-order valence-electron chi connectivity index (χ3n) is 9.79. The zero-order valence-electron chi connectivity index (χ0n) is 27.5. The van der Waals surface area contributed by atoms with E-state index in [0.29, 0.717) is 23.1 Å². The fourth-order valence-corrected chi connectivity index (χ4v) is 6.84. The molecule has 2 aromatic heterocycles. The molecule has 11 heteroatoms. The van der Waals surface area contributed by atoms with Gasteiger partial charge in [-0.2, -0.15) is 0 Å². The van der Waals surface area contributed by atoms with Gasteiger partial charge in [-0.25, -0.2) is 9.97 Å². The molecule has 2 amide bonds. The monoisotopic (exact) mass is 639 g/mol. The highest BCUT2D eigenvalue weighted by Crippen LogP contribution is 2.59. The second kappa shape index (κ2) is 11.6. The highest BCUT2D eigenvalue weighted by Gasteiger charge is 2.61. The van der Waals surface area contributed by atoms with Crippen molar-refractivity contribution < 1.29 is 28.3 Å². The summed E-state index contributed by atoms with van der Waals surface area (Å²) in [5.74, 6) is 0.474. The van der Waals surface area contributed by atoms with Crippen molar-refractivity contribution in [1.82, 2.24) is 20.6 Å². The second-order valence-corrected chi connectivity index (χ2v) is 13.6. The Bertz CT molecular complexity index is 1840. The molecule has 7 rings (SSSR count). The summed E-state index contributed by atoms with van der Waals surface area (Å²) in [6, 6.07) is 12.2. The first-order valence-corrected chi connectivity index (χ1v) is 16.4. The lowest BCUT2D eigenvalue weighted by Gasteiger charge is -2.29. The summed E-state index contributed by atoms with van der Waals surface area (Å²) < 4.78 is 19.6. The summed E-state index contributed by atoms with van der Waals surface area (Å²) in [6.07, 6.45) is 0.919. The predicted octanol–water partition coefficient (Wildman–Crippen LogP) is 5.19. The summed E-state index contributed by atoms with van der Waals surface area (Å²) in [5.41, 5.74) is 3.76. The number of hydrogen-bond acceptors (Lipinski definition) is 9. The average Bonchev–Trinajstić information content (AvgIpc) is 3.83. The molecule has 0 radical (unpaired) electrons.